The van der Waals surface area contributed by atoms with E-state index in [1.807, 2.05) is 13.8 Å². The van der Waals surface area contributed by atoms with Crippen LogP contribution in [0.3, 0.4) is 0 Å². The van der Waals surface area contributed by atoms with Crippen LogP contribution in [0.1, 0.15) is 37.5 Å². The molecule has 1 aliphatic rings. The van der Waals surface area contributed by atoms with Crippen LogP contribution in [-0.4, -0.2) is 27.8 Å². The standard InChI is InChI=1S/C28H23FN2O2/c1-18-7-9-20(10-8-18)26-17-21(19(2)31(26)23-13-11-22(29)12-14-23)15-16-30-27(32)24-5-3-4-6-25(24)28(30)33/h3-14,17H,15-16H2,1-2H3. The molecule has 4 aromatic rings. The van der Waals surface area contributed by atoms with E-state index < -0.39 is 0 Å². The number of halogens is 1. The van der Waals surface area contributed by atoms with Crippen molar-refractivity contribution in [3.8, 4) is 16.9 Å². The molecule has 4 nitrogen and oxygen atoms in total. The molecule has 3 aromatic carbocycles. The second-order valence-corrected chi connectivity index (χ2v) is 8.38. The van der Waals surface area contributed by atoms with Gasteiger partial charge in [0.2, 0.25) is 0 Å². The molecule has 33 heavy (non-hydrogen) atoms. The van der Waals surface area contributed by atoms with Gasteiger partial charge < -0.3 is 4.57 Å². The topological polar surface area (TPSA) is 42.3 Å². The highest BCUT2D eigenvalue weighted by Crippen LogP contribution is 2.31. The van der Waals surface area contributed by atoms with Gasteiger partial charge >= 0.3 is 0 Å². The summed E-state index contributed by atoms with van der Waals surface area (Å²) in [5, 5.41) is 0. The van der Waals surface area contributed by atoms with Crippen molar-refractivity contribution >= 4 is 11.8 Å². The summed E-state index contributed by atoms with van der Waals surface area (Å²) in [7, 11) is 0. The molecule has 0 unspecified atom stereocenters. The second kappa shape index (κ2) is 8.17. The van der Waals surface area contributed by atoms with Crippen molar-refractivity contribution in [1.82, 2.24) is 9.47 Å². The lowest BCUT2D eigenvalue weighted by atomic mass is 10.1. The molecule has 1 aromatic heterocycles. The Morgan fingerprint density at radius 2 is 1.39 bits per heavy atom. The summed E-state index contributed by atoms with van der Waals surface area (Å²) in [6.07, 6.45) is 0.532. The van der Waals surface area contributed by atoms with Gasteiger partial charge in [-0.2, -0.15) is 0 Å². The Hall–Kier alpha value is -3.99. The molecule has 0 bridgehead atoms. The predicted molar refractivity (Wildman–Crippen MR) is 126 cm³/mol. The molecule has 0 N–H and O–H groups in total. The Kier molecular flexibility index (Phi) is 5.17. The molecular formula is C28H23FN2O2. The molecular weight excluding hydrogens is 415 g/mol. The number of amides is 2. The molecule has 2 amide bonds. The van der Waals surface area contributed by atoms with E-state index in [4.69, 9.17) is 0 Å². The highest BCUT2D eigenvalue weighted by molar-refractivity contribution is 6.21. The molecule has 0 atom stereocenters. The number of rotatable bonds is 5. The van der Waals surface area contributed by atoms with E-state index in [1.54, 1.807) is 36.4 Å². The maximum Gasteiger partial charge on any atom is 0.261 e. The quantitative estimate of drug-likeness (QED) is 0.373. The average Bonchev–Trinajstić information content (AvgIpc) is 3.27. The maximum absolute atomic E-state index is 13.6. The highest BCUT2D eigenvalue weighted by atomic mass is 19.1. The van der Waals surface area contributed by atoms with Crippen molar-refractivity contribution in [2.75, 3.05) is 6.54 Å². The smallest absolute Gasteiger partial charge is 0.261 e. The van der Waals surface area contributed by atoms with E-state index in [-0.39, 0.29) is 17.6 Å². The van der Waals surface area contributed by atoms with Crippen LogP contribution in [0.25, 0.3) is 16.9 Å². The number of carbonyl (C=O) groups is 2. The lowest BCUT2D eigenvalue weighted by Gasteiger charge is -2.14. The first kappa shape index (κ1) is 20.9. The summed E-state index contributed by atoms with van der Waals surface area (Å²) in [5.74, 6) is -0.777. The molecule has 0 fully saturated rings. The van der Waals surface area contributed by atoms with Crippen LogP contribution < -0.4 is 0 Å². The van der Waals surface area contributed by atoms with Crippen LogP contribution >= 0.6 is 0 Å². The summed E-state index contributed by atoms with van der Waals surface area (Å²) < 4.78 is 15.7. The largest absolute Gasteiger partial charge is 0.314 e. The minimum atomic E-state index is -0.286. The Labute approximate surface area is 191 Å². The van der Waals surface area contributed by atoms with Crippen LogP contribution in [0.4, 0.5) is 4.39 Å². The highest BCUT2D eigenvalue weighted by Gasteiger charge is 2.34. The first-order valence-corrected chi connectivity index (χ1v) is 10.9. The molecule has 5 heteroatoms. The normalized spacial score (nSPS) is 13.0. The number of fused-ring (bicyclic) bond motifs is 1. The van der Waals surface area contributed by atoms with Crippen molar-refractivity contribution in [3.63, 3.8) is 0 Å². The zero-order chi connectivity index (χ0) is 23.1. The predicted octanol–water partition coefficient (Wildman–Crippen LogP) is 5.74. The molecule has 0 saturated heterocycles. The summed E-state index contributed by atoms with van der Waals surface area (Å²) in [5.41, 5.74) is 7.00. The lowest BCUT2D eigenvalue weighted by Crippen LogP contribution is -2.31. The van der Waals surface area contributed by atoms with Crippen molar-refractivity contribution < 1.29 is 14.0 Å². The van der Waals surface area contributed by atoms with Gasteiger partial charge in [-0.3, -0.25) is 14.5 Å². The minimum Gasteiger partial charge on any atom is -0.314 e. The Morgan fingerprint density at radius 1 is 0.788 bits per heavy atom. The fourth-order valence-electron chi connectivity index (χ4n) is 4.45. The van der Waals surface area contributed by atoms with Crippen LogP contribution in [-0.2, 0) is 6.42 Å². The van der Waals surface area contributed by atoms with Crippen LogP contribution in [0, 0.1) is 19.7 Å². The number of nitrogens with zero attached hydrogens (tertiary/aromatic N) is 2. The fraction of sp³-hybridized carbons (Fsp3) is 0.143. The Balaban J connectivity index is 1.50. The number of hydrogen-bond donors (Lipinski definition) is 0. The monoisotopic (exact) mass is 438 g/mol. The number of hydrogen-bond acceptors (Lipinski definition) is 2. The maximum atomic E-state index is 13.6. The van der Waals surface area contributed by atoms with Gasteiger partial charge in [0, 0.05) is 17.9 Å². The molecule has 164 valence electrons. The van der Waals surface area contributed by atoms with Gasteiger partial charge in [-0.25, -0.2) is 4.39 Å². The molecule has 5 rings (SSSR count). The van der Waals surface area contributed by atoms with Gasteiger partial charge in [-0.05, 0) is 73.9 Å². The van der Waals surface area contributed by atoms with Gasteiger partial charge in [0.1, 0.15) is 5.82 Å². The van der Waals surface area contributed by atoms with E-state index in [9.17, 15) is 14.0 Å². The summed E-state index contributed by atoms with van der Waals surface area (Å²) in [4.78, 5) is 26.8. The first-order chi connectivity index (χ1) is 15.9. The summed E-state index contributed by atoms with van der Waals surface area (Å²) in [6, 6.07) is 23.7. The molecule has 1 aliphatic heterocycles. The van der Waals surface area contributed by atoms with Gasteiger partial charge in [0.05, 0.1) is 16.8 Å². The lowest BCUT2D eigenvalue weighted by molar-refractivity contribution is 0.0656. The third kappa shape index (κ3) is 3.65. The summed E-state index contributed by atoms with van der Waals surface area (Å²) in [6.45, 7) is 4.36. The van der Waals surface area contributed by atoms with E-state index in [0.717, 1.165) is 28.2 Å². The van der Waals surface area contributed by atoms with Gasteiger partial charge in [0.25, 0.3) is 11.8 Å². The molecule has 0 radical (unpaired) electrons. The van der Waals surface area contributed by atoms with Crippen LogP contribution in [0.2, 0.25) is 0 Å². The average molecular weight is 439 g/mol. The third-order valence-corrected chi connectivity index (χ3v) is 6.27. The number of aryl methyl sites for hydroxylation is 1. The third-order valence-electron chi connectivity index (χ3n) is 6.27. The van der Waals surface area contributed by atoms with Crippen molar-refractivity contribution in [1.29, 1.82) is 0 Å². The molecule has 0 spiro atoms. The first-order valence-electron chi connectivity index (χ1n) is 10.9. The van der Waals surface area contributed by atoms with E-state index in [2.05, 4.69) is 34.9 Å². The molecule has 2 heterocycles. The second-order valence-electron chi connectivity index (χ2n) is 8.38. The molecule has 0 aliphatic carbocycles. The summed E-state index contributed by atoms with van der Waals surface area (Å²) >= 11 is 0. The van der Waals surface area contributed by atoms with Crippen LogP contribution in [0.15, 0.2) is 78.9 Å². The number of imide groups is 1. The van der Waals surface area contributed by atoms with Gasteiger partial charge in [-0.15, -0.1) is 0 Å². The van der Waals surface area contributed by atoms with Crippen LogP contribution in [0.5, 0.6) is 0 Å². The van der Waals surface area contributed by atoms with Crippen molar-refractivity contribution in [3.05, 3.63) is 113 Å². The van der Waals surface area contributed by atoms with Gasteiger partial charge in [0.15, 0.2) is 0 Å². The number of benzene rings is 3. The Morgan fingerprint density at radius 3 is 2.00 bits per heavy atom. The number of carbonyl (C=O) groups excluding carboxylic acids is 2. The molecule has 0 saturated carbocycles. The van der Waals surface area contributed by atoms with Crippen molar-refractivity contribution in [2.24, 2.45) is 0 Å². The zero-order valence-electron chi connectivity index (χ0n) is 18.5. The van der Waals surface area contributed by atoms with E-state index >= 15 is 0 Å². The van der Waals surface area contributed by atoms with Gasteiger partial charge in [-0.1, -0.05) is 42.0 Å². The zero-order valence-corrected chi connectivity index (χ0v) is 18.5. The van der Waals surface area contributed by atoms with E-state index in [0.29, 0.717) is 24.1 Å². The fourth-order valence-corrected chi connectivity index (χ4v) is 4.45. The SMILES string of the molecule is Cc1ccc(-c2cc(CCN3C(=O)c4ccccc4C3=O)c(C)n2-c2ccc(F)cc2)cc1. The Bertz CT molecular complexity index is 1330. The number of aromatic nitrogens is 1. The minimum absolute atomic E-state index is 0.245. The van der Waals surface area contributed by atoms with Crippen molar-refractivity contribution in [2.45, 2.75) is 20.3 Å². The van der Waals surface area contributed by atoms with E-state index in [1.165, 1.54) is 22.6 Å².